The molecule has 1 aromatic rings. The van der Waals surface area contributed by atoms with Gasteiger partial charge in [0.25, 0.3) is 0 Å². The predicted octanol–water partition coefficient (Wildman–Crippen LogP) is 2.13. The number of anilines is 1. The number of hydrogen-bond donors (Lipinski definition) is 2. The molecule has 17 heavy (non-hydrogen) atoms. The zero-order valence-electron chi connectivity index (χ0n) is 9.90. The van der Waals surface area contributed by atoms with E-state index in [0.29, 0.717) is 16.3 Å². The number of carboxylic acids is 1. The van der Waals surface area contributed by atoms with Crippen molar-refractivity contribution in [2.75, 3.05) is 11.9 Å². The molecule has 0 amide bonds. The lowest BCUT2D eigenvalue weighted by Crippen LogP contribution is -2.32. The van der Waals surface area contributed by atoms with E-state index in [1.807, 2.05) is 6.92 Å². The van der Waals surface area contributed by atoms with E-state index in [9.17, 15) is 4.79 Å². The van der Waals surface area contributed by atoms with Crippen molar-refractivity contribution >= 4 is 22.5 Å². The quantitative estimate of drug-likeness (QED) is 0.866. The fourth-order valence-electron chi connectivity index (χ4n) is 2.03. The Kier molecular flexibility index (Phi) is 3.63. The van der Waals surface area contributed by atoms with Crippen molar-refractivity contribution in [2.45, 2.75) is 38.8 Å². The van der Waals surface area contributed by atoms with Crippen molar-refractivity contribution < 1.29 is 14.6 Å². The van der Waals surface area contributed by atoms with Gasteiger partial charge in [-0.2, -0.15) is 4.37 Å². The van der Waals surface area contributed by atoms with Gasteiger partial charge in [-0.05, 0) is 38.2 Å². The standard InChI is InChI=1S/C11H16N2O3S/c1-6-5-8(3-4-16-6)12-10-9(11(14)15)7(2)13-17-10/h6,8,12H,3-5H2,1-2H3,(H,14,15). The summed E-state index contributed by atoms with van der Waals surface area (Å²) in [6, 6.07) is 0.275. The molecule has 1 aromatic heterocycles. The second-order valence-electron chi connectivity index (χ2n) is 4.32. The number of nitrogens with one attached hydrogen (secondary N) is 1. The fraction of sp³-hybridized carbons (Fsp3) is 0.636. The van der Waals surface area contributed by atoms with Gasteiger partial charge < -0.3 is 15.2 Å². The highest BCUT2D eigenvalue weighted by Gasteiger charge is 2.23. The predicted molar refractivity (Wildman–Crippen MR) is 65.9 cm³/mol. The Labute approximate surface area is 104 Å². The molecule has 1 aliphatic heterocycles. The largest absolute Gasteiger partial charge is 0.478 e. The summed E-state index contributed by atoms with van der Waals surface area (Å²) in [7, 11) is 0. The summed E-state index contributed by atoms with van der Waals surface area (Å²) >= 11 is 1.22. The Hall–Kier alpha value is -1.14. The maximum atomic E-state index is 11.1. The molecule has 2 unspecified atom stereocenters. The van der Waals surface area contributed by atoms with Crippen LogP contribution < -0.4 is 5.32 Å². The number of aryl methyl sites for hydroxylation is 1. The molecule has 0 aliphatic carbocycles. The van der Waals surface area contributed by atoms with Gasteiger partial charge in [-0.25, -0.2) is 4.79 Å². The molecule has 6 heteroatoms. The van der Waals surface area contributed by atoms with Crippen LogP contribution in [0.15, 0.2) is 0 Å². The van der Waals surface area contributed by atoms with Crippen LogP contribution in [-0.4, -0.2) is 34.2 Å². The second kappa shape index (κ2) is 5.01. The summed E-state index contributed by atoms with van der Waals surface area (Å²) in [5, 5.41) is 13.1. The Morgan fingerprint density at radius 3 is 3.06 bits per heavy atom. The molecular formula is C11H16N2O3S. The maximum Gasteiger partial charge on any atom is 0.340 e. The minimum Gasteiger partial charge on any atom is -0.478 e. The first-order chi connectivity index (χ1) is 8.08. The lowest BCUT2D eigenvalue weighted by atomic mass is 10.0. The SMILES string of the molecule is Cc1nsc(NC2CCOC(C)C2)c1C(=O)O. The molecule has 0 radical (unpaired) electrons. The van der Waals surface area contributed by atoms with E-state index < -0.39 is 5.97 Å². The van der Waals surface area contributed by atoms with E-state index in [4.69, 9.17) is 9.84 Å². The van der Waals surface area contributed by atoms with E-state index in [2.05, 4.69) is 9.69 Å². The fourth-order valence-corrected chi connectivity index (χ4v) is 2.90. The van der Waals surface area contributed by atoms with Gasteiger partial charge in [0.15, 0.2) is 0 Å². The minimum absolute atomic E-state index is 0.226. The molecule has 1 saturated heterocycles. The molecular weight excluding hydrogens is 240 g/mol. The normalized spacial score (nSPS) is 24.6. The van der Waals surface area contributed by atoms with Crippen molar-refractivity contribution in [2.24, 2.45) is 0 Å². The summed E-state index contributed by atoms with van der Waals surface area (Å²) < 4.78 is 9.55. The Morgan fingerprint density at radius 1 is 1.65 bits per heavy atom. The molecule has 1 aliphatic rings. The highest BCUT2D eigenvalue weighted by atomic mass is 32.1. The lowest BCUT2D eigenvalue weighted by molar-refractivity contribution is 0.0232. The van der Waals surface area contributed by atoms with E-state index in [-0.39, 0.29) is 12.1 Å². The first-order valence-corrected chi connectivity index (χ1v) is 6.43. The van der Waals surface area contributed by atoms with Crippen LogP contribution in [0, 0.1) is 6.92 Å². The van der Waals surface area contributed by atoms with Gasteiger partial charge in [0.05, 0.1) is 11.8 Å². The van der Waals surface area contributed by atoms with E-state index in [1.165, 1.54) is 11.5 Å². The summed E-state index contributed by atoms with van der Waals surface area (Å²) in [4.78, 5) is 11.1. The lowest BCUT2D eigenvalue weighted by Gasteiger charge is -2.28. The first-order valence-electron chi connectivity index (χ1n) is 5.65. The van der Waals surface area contributed by atoms with Crippen LogP contribution in [0.25, 0.3) is 0 Å². The van der Waals surface area contributed by atoms with Crippen LogP contribution >= 0.6 is 11.5 Å². The molecule has 1 fully saturated rings. The van der Waals surface area contributed by atoms with Gasteiger partial charge in [-0.15, -0.1) is 0 Å². The van der Waals surface area contributed by atoms with Gasteiger partial charge in [0.1, 0.15) is 10.6 Å². The van der Waals surface area contributed by atoms with E-state index in [0.717, 1.165) is 19.4 Å². The number of ether oxygens (including phenoxy) is 1. The number of nitrogens with zero attached hydrogens (tertiary/aromatic N) is 1. The van der Waals surface area contributed by atoms with Crippen LogP contribution in [0.5, 0.6) is 0 Å². The third-order valence-electron chi connectivity index (χ3n) is 2.90. The summed E-state index contributed by atoms with van der Waals surface area (Å²) in [5.74, 6) is -0.918. The van der Waals surface area contributed by atoms with Gasteiger partial charge in [0.2, 0.25) is 0 Å². The Bertz CT molecular complexity index is 419. The van der Waals surface area contributed by atoms with Gasteiger partial charge >= 0.3 is 5.97 Å². The van der Waals surface area contributed by atoms with Crippen LogP contribution in [-0.2, 0) is 4.74 Å². The summed E-state index contributed by atoms with van der Waals surface area (Å²) in [5.41, 5.74) is 0.874. The monoisotopic (exact) mass is 256 g/mol. The average molecular weight is 256 g/mol. The van der Waals surface area contributed by atoms with Crippen molar-refractivity contribution in [1.29, 1.82) is 0 Å². The summed E-state index contributed by atoms with van der Waals surface area (Å²) in [6.45, 7) is 4.47. The first kappa shape index (κ1) is 12.3. The highest BCUT2D eigenvalue weighted by Crippen LogP contribution is 2.27. The minimum atomic E-state index is -0.918. The number of rotatable bonds is 3. The zero-order chi connectivity index (χ0) is 12.4. The van der Waals surface area contributed by atoms with Crippen LogP contribution in [0.4, 0.5) is 5.00 Å². The number of carboxylic acid groups (broad SMARTS) is 1. The van der Waals surface area contributed by atoms with Gasteiger partial charge in [0, 0.05) is 12.6 Å². The van der Waals surface area contributed by atoms with Crippen molar-refractivity contribution in [3.63, 3.8) is 0 Å². The average Bonchev–Trinajstić information content (AvgIpc) is 2.59. The molecule has 2 heterocycles. The smallest absolute Gasteiger partial charge is 0.340 e. The molecule has 0 aromatic carbocycles. The molecule has 94 valence electrons. The molecule has 5 nitrogen and oxygen atoms in total. The van der Waals surface area contributed by atoms with Crippen LogP contribution in [0.1, 0.15) is 35.8 Å². The number of hydrogen-bond acceptors (Lipinski definition) is 5. The second-order valence-corrected chi connectivity index (χ2v) is 5.10. The van der Waals surface area contributed by atoms with Crippen molar-refractivity contribution in [1.82, 2.24) is 4.37 Å². The number of aromatic nitrogens is 1. The Morgan fingerprint density at radius 2 is 2.41 bits per heavy atom. The third kappa shape index (κ3) is 2.76. The topological polar surface area (TPSA) is 71.5 Å². The number of aromatic carboxylic acids is 1. The van der Waals surface area contributed by atoms with Crippen molar-refractivity contribution in [3.8, 4) is 0 Å². The Balaban J connectivity index is 2.10. The molecule has 2 N–H and O–H groups in total. The zero-order valence-corrected chi connectivity index (χ0v) is 10.7. The molecule has 0 saturated carbocycles. The summed E-state index contributed by atoms with van der Waals surface area (Å²) in [6.07, 6.45) is 2.03. The van der Waals surface area contributed by atoms with Crippen LogP contribution in [0.2, 0.25) is 0 Å². The molecule has 2 rings (SSSR count). The number of carbonyl (C=O) groups is 1. The molecule has 2 atom stereocenters. The third-order valence-corrected chi connectivity index (χ3v) is 3.77. The van der Waals surface area contributed by atoms with Gasteiger partial charge in [-0.3, -0.25) is 0 Å². The highest BCUT2D eigenvalue weighted by molar-refractivity contribution is 7.10. The molecule has 0 bridgehead atoms. The van der Waals surface area contributed by atoms with E-state index >= 15 is 0 Å². The van der Waals surface area contributed by atoms with E-state index in [1.54, 1.807) is 6.92 Å². The maximum absolute atomic E-state index is 11.1. The van der Waals surface area contributed by atoms with Crippen LogP contribution in [0.3, 0.4) is 0 Å². The molecule has 0 spiro atoms. The van der Waals surface area contributed by atoms with Gasteiger partial charge in [-0.1, -0.05) is 0 Å². The van der Waals surface area contributed by atoms with Crippen molar-refractivity contribution in [3.05, 3.63) is 11.3 Å².